The number of hydrogen-bond donors (Lipinski definition) is 2. The number of nitrogens with zero attached hydrogens (tertiary/aromatic N) is 4. The Morgan fingerprint density at radius 3 is 2.77 bits per heavy atom. The Morgan fingerprint density at radius 1 is 1.31 bits per heavy atom. The van der Waals surface area contributed by atoms with Crippen LogP contribution in [0.4, 0.5) is 0 Å². The van der Waals surface area contributed by atoms with Crippen molar-refractivity contribution in [3.05, 3.63) is 11.6 Å². The first-order chi connectivity index (χ1) is 12.2. The fourth-order valence-corrected chi connectivity index (χ4v) is 4.56. The molecular formula is C18H33IN6S. The lowest BCUT2D eigenvalue weighted by molar-refractivity contribution is 0.391. The highest BCUT2D eigenvalue weighted by Gasteiger charge is 2.23. The molecule has 3 heterocycles. The number of rotatable bonds is 5. The van der Waals surface area contributed by atoms with Crippen LogP contribution in [-0.4, -0.2) is 51.4 Å². The third kappa shape index (κ3) is 6.00. The second-order valence-electron chi connectivity index (χ2n) is 7.38. The van der Waals surface area contributed by atoms with Crippen LogP contribution in [0.5, 0.6) is 0 Å². The third-order valence-corrected chi connectivity index (χ3v) is 5.97. The number of nitrogens with one attached hydrogen (secondary N) is 2. The Labute approximate surface area is 178 Å². The van der Waals surface area contributed by atoms with Crippen molar-refractivity contribution in [3.8, 4) is 0 Å². The first kappa shape index (κ1) is 21.8. The molecular weight excluding hydrogens is 459 g/mol. The number of thioether (sulfide) groups is 1. The smallest absolute Gasteiger partial charge is 0.191 e. The van der Waals surface area contributed by atoms with Gasteiger partial charge in [0.1, 0.15) is 5.82 Å². The van der Waals surface area contributed by atoms with E-state index in [1.807, 2.05) is 0 Å². The molecule has 1 atom stereocenters. The Morgan fingerprint density at radius 2 is 2.08 bits per heavy atom. The van der Waals surface area contributed by atoms with E-state index >= 15 is 0 Å². The van der Waals surface area contributed by atoms with E-state index in [2.05, 4.69) is 57.9 Å². The van der Waals surface area contributed by atoms with Crippen molar-refractivity contribution in [2.75, 3.05) is 24.6 Å². The maximum absolute atomic E-state index is 4.86. The predicted octanol–water partition coefficient (Wildman–Crippen LogP) is 3.03. The first-order valence-corrected chi connectivity index (χ1v) is 10.9. The summed E-state index contributed by atoms with van der Waals surface area (Å²) in [5, 5.41) is 11.7. The van der Waals surface area contributed by atoms with Crippen LogP contribution in [0.2, 0.25) is 0 Å². The van der Waals surface area contributed by atoms with Crippen LogP contribution in [-0.2, 0) is 13.0 Å². The summed E-state index contributed by atoms with van der Waals surface area (Å²) in [6.07, 6.45) is 4.67. The van der Waals surface area contributed by atoms with E-state index in [0.29, 0.717) is 12.0 Å². The number of fused-ring (bicyclic) bond motifs is 1. The number of halogens is 1. The van der Waals surface area contributed by atoms with Gasteiger partial charge < -0.3 is 10.6 Å². The fourth-order valence-electron chi connectivity index (χ4n) is 3.35. The second kappa shape index (κ2) is 10.7. The van der Waals surface area contributed by atoms with E-state index in [0.717, 1.165) is 56.0 Å². The van der Waals surface area contributed by atoms with Gasteiger partial charge >= 0.3 is 0 Å². The van der Waals surface area contributed by atoms with Gasteiger partial charge in [0, 0.05) is 31.5 Å². The number of guanidine groups is 1. The zero-order valence-electron chi connectivity index (χ0n) is 16.2. The van der Waals surface area contributed by atoms with Crippen LogP contribution >= 0.6 is 35.7 Å². The quantitative estimate of drug-likeness (QED) is 0.376. The standard InChI is InChI=1S/C18H32N6S.HI/c1-4-19-18(20-11-14-7-9-25-10-8-14)21-15-5-6-16-22-17(13(2)3)23-24(16)12-15;/h13-15H,4-12H2,1-3H3,(H2,19,20,21);1H. The van der Waals surface area contributed by atoms with Crippen LogP contribution in [0.15, 0.2) is 4.99 Å². The van der Waals surface area contributed by atoms with E-state index in [4.69, 9.17) is 4.99 Å². The van der Waals surface area contributed by atoms with Gasteiger partial charge in [-0.25, -0.2) is 9.67 Å². The topological polar surface area (TPSA) is 67.1 Å². The average Bonchev–Trinajstić information content (AvgIpc) is 3.04. The zero-order valence-corrected chi connectivity index (χ0v) is 19.3. The predicted molar refractivity (Wildman–Crippen MR) is 121 cm³/mol. The van der Waals surface area contributed by atoms with Gasteiger partial charge in [0.2, 0.25) is 0 Å². The van der Waals surface area contributed by atoms with Crippen molar-refractivity contribution in [1.82, 2.24) is 25.4 Å². The largest absolute Gasteiger partial charge is 0.357 e. The van der Waals surface area contributed by atoms with Crippen LogP contribution in [0, 0.1) is 5.92 Å². The highest BCUT2D eigenvalue weighted by Crippen LogP contribution is 2.22. The van der Waals surface area contributed by atoms with Crippen LogP contribution in [0.3, 0.4) is 0 Å². The minimum Gasteiger partial charge on any atom is -0.357 e. The van der Waals surface area contributed by atoms with Gasteiger partial charge in [0.25, 0.3) is 0 Å². The molecule has 0 saturated carbocycles. The molecule has 1 saturated heterocycles. The summed E-state index contributed by atoms with van der Waals surface area (Å²) in [5.74, 6) is 6.77. The molecule has 0 bridgehead atoms. The maximum Gasteiger partial charge on any atom is 0.191 e. The summed E-state index contributed by atoms with van der Waals surface area (Å²) >= 11 is 2.07. The Balaban J connectivity index is 0.00000243. The normalized spacial score (nSPS) is 21.2. The number of aromatic nitrogens is 3. The van der Waals surface area contributed by atoms with Gasteiger partial charge in [-0.2, -0.15) is 16.9 Å². The second-order valence-corrected chi connectivity index (χ2v) is 8.60. The van der Waals surface area contributed by atoms with Crippen molar-refractivity contribution in [1.29, 1.82) is 0 Å². The highest BCUT2D eigenvalue weighted by molar-refractivity contribution is 14.0. The van der Waals surface area contributed by atoms with Crippen molar-refractivity contribution in [2.45, 2.75) is 65.0 Å². The molecule has 0 aliphatic carbocycles. The Kier molecular flexibility index (Phi) is 8.99. The number of aliphatic imine (C=N–C) groups is 1. The molecule has 1 aromatic heterocycles. The molecule has 0 amide bonds. The first-order valence-electron chi connectivity index (χ1n) is 9.72. The molecule has 148 valence electrons. The molecule has 2 aliphatic heterocycles. The zero-order chi connectivity index (χ0) is 17.6. The molecule has 0 spiro atoms. The molecule has 2 aliphatic rings. The molecule has 26 heavy (non-hydrogen) atoms. The van der Waals surface area contributed by atoms with Crippen LogP contribution in [0.1, 0.15) is 57.6 Å². The Bertz CT molecular complexity index is 582. The monoisotopic (exact) mass is 492 g/mol. The molecule has 0 radical (unpaired) electrons. The van der Waals surface area contributed by atoms with Crippen LogP contribution in [0.25, 0.3) is 0 Å². The minimum atomic E-state index is 0. The summed E-state index contributed by atoms with van der Waals surface area (Å²) in [6, 6.07) is 0.369. The summed E-state index contributed by atoms with van der Waals surface area (Å²) in [6.45, 7) is 9.13. The van der Waals surface area contributed by atoms with E-state index in [9.17, 15) is 0 Å². The lowest BCUT2D eigenvalue weighted by atomic mass is 10.0. The van der Waals surface area contributed by atoms with Gasteiger partial charge in [-0.15, -0.1) is 24.0 Å². The Hall–Kier alpha value is -0.510. The molecule has 0 aromatic carbocycles. The maximum atomic E-state index is 4.86. The van der Waals surface area contributed by atoms with Gasteiger partial charge in [0.05, 0.1) is 6.54 Å². The van der Waals surface area contributed by atoms with Gasteiger partial charge in [-0.05, 0) is 43.6 Å². The van der Waals surface area contributed by atoms with Gasteiger partial charge in [-0.3, -0.25) is 4.99 Å². The molecule has 2 N–H and O–H groups in total. The summed E-state index contributed by atoms with van der Waals surface area (Å²) in [4.78, 5) is 9.53. The molecule has 6 nitrogen and oxygen atoms in total. The molecule has 1 aromatic rings. The van der Waals surface area contributed by atoms with Crippen molar-refractivity contribution in [3.63, 3.8) is 0 Å². The van der Waals surface area contributed by atoms with E-state index in [1.165, 1.54) is 24.3 Å². The highest BCUT2D eigenvalue weighted by atomic mass is 127. The van der Waals surface area contributed by atoms with Crippen molar-refractivity contribution < 1.29 is 0 Å². The van der Waals surface area contributed by atoms with Gasteiger partial charge in [-0.1, -0.05) is 13.8 Å². The number of aryl methyl sites for hydroxylation is 1. The lowest BCUT2D eigenvalue weighted by Gasteiger charge is -2.26. The number of hydrogen-bond acceptors (Lipinski definition) is 4. The third-order valence-electron chi connectivity index (χ3n) is 4.92. The van der Waals surface area contributed by atoms with E-state index in [1.54, 1.807) is 0 Å². The minimum absolute atomic E-state index is 0. The molecule has 1 fully saturated rings. The van der Waals surface area contributed by atoms with Gasteiger partial charge in [0.15, 0.2) is 11.8 Å². The SMILES string of the molecule is CCNC(=NCC1CCSCC1)NC1CCc2nc(C(C)C)nn2C1.I. The lowest BCUT2D eigenvalue weighted by Crippen LogP contribution is -2.47. The molecule has 8 heteroatoms. The van der Waals surface area contributed by atoms with Crippen molar-refractivity contribution >= 4 is 41.7 Å². The summed E-state index contributed by atoms with van der Waals surface area (Å²) in [7, 11) is 0. The summed E-state index contributed by atoms with van der Waals surface area (Å²) in [5.41, 5.74) is 0. The molecule has 1 unspecified atom stereocenters. The molecule has 3 rings (SSSR count). The summed E-state index contributed by atoms with van der Waals surface area (Å²) < 4.78 is 2.08. The average molecular weight is 492 g/mol. The van der Waals surface area contributed by atoms with E-state index in [-0.39, 0.29) is 24.0 Å². The fraction of sp³-hybridized carbons (Fsp3) is 0.833. The van der Waals surface area contributed by atoms with Crippen molar-refractivity contribution in [2.24, 2.45) is 10.9 Å². The van der Waals surface area contributed by atoms with E-state index < -0.39 is 0 Å². The van der Waals surface area contributed by atoms with Crippen LogP contribution < -0.4 is 10.6 Å².